The third-order valence-electron chi connectivity index (χ3n) is 5.11. The molecule has 6 nitrogen and oxygen atoms in total. The van der Waals surface area contributed by atoms with Gasteiger partial charge in [0.25, 0.3) is 0 Å². The first-order valence-electron chi connectivity index (χ1n) is 9.09. The maximum Gasteiger partial charge on any atom is 0.340 e. The van der Waals surface area contributed by atoms with Crippen LogP contribution in [0.15, 0.2) is 48.5 Å². The van der Waals surface area contributed by atoms with E-state index in [2.05, 4.69) is 12.2 Å². The molecule has 138 valence electrons. The van der Waals surface area contributed by atoms with Crippen molar-refractivity contribution >= 4 is 23.5 Å². The van der Waals surface area contributed by atoms with E-state index >= 15 is 0 Å². The van der Waals surface area contributed by atoms with Crippen molar-refractivity contribution in [1.82, 2.24) is 4.90 Å². The number of anilines is 1. The number of likely N-dealkylation sites (tertiary alicyclic amines) is 1. The second-order valence-corrected chi connectivity index (χ2v) is 6.74. The van der Waals surface area contributed by atoms with Gasteiger partial charge in [-0.05, 0) is 36.6 Å². The molecule has 0 saturated carbocycles. The predicted octanol–water partition coefficient (Wildman–Crippen LogP) is 3.05. The van der Waals surface area contributed by atoms with Crippen LogP contribution in [0.4, 0.5) is 5.69 Å². The number of esters is 1. The van der Waals surface area contributed by atoms with Crippen molar-refractivity contribution in [3.8, 4) is 0 Å². The first kappa shape index (κ1) is 17.3. The second kappa shape index (κ2) is 6.87. The van der Waals surface area contributed by atoms with Crippen LogP contribution in [-0.2, 0) is 20.7 Å². The van der Waals surface area contributed by atoms with E-state index in [0.717, 1.165) is 6.42 Å². The number of carbonyl (C=O) groups is 3. The number of cyclic esters (lactones) is 1. The van der Waals surface area contributed by atoms with Crippen molar-refractivity contribution in [2.45, 2.75) is 38.5 Å². The molecule has 0 spiro atoms. The third kappa shape index (κ3) is 3.07. The molecule has 2 amide bonds. The number of carbonyl (C=O) groups excluding carboxylic acids is 3. The fraction of sp³-hybridized carbons (Fsp3) is 0.286. The molecule has 1 N–H and O–H groups in total. The number of benzene rings is 2. The monoisotopic (exact) mass is 364 g/mol. The van der Waals surface area contributed by atoms with Crippen LogP contribution in [0.2, 0.25) is 0 Å². The number of hydrogen-bond donors (Lipinski definition) is 1. The number of ether oxygens (including phenoxy) is 1. The normalized spacial score (nSPS) is 21.1. The van der Waals surface area contributed by atoms with E-state index in [1.165, 1.54) is 10.5 Å². The zero-order valence-electron chi connectivity index (χ0n) is 15.0. The number of fused-ring (bicyclic) bond motifs is 1. The summed E-state index contributed by atoms with van der Waals surface area (Å²) >= 11 is 0. The number of nitrogens with zero attached hydrogens (tertiary/aromatic N) is 1. The van der Waals surface area contributed by atoms with Crippen molar-refractivity contribution < 1.29 is 19.1 Å². The lowest BCUT2D eigenvalue weighted by Gasteiger charge is -2.29. The Morgan fingerprint density at radius 3 is 2.63 bits per heavy atom. The van der Waals surface area contributed by atoms with Crippen LogP contribution in [0, 0.1) is 0 Å². The smallest absolute Gasteiger partial charge is 0.340 e. The summed E-state index contributed by atoms with van der Waals surface area (Å²) in [6.07, 6.45) is 0.727. The van der Waals surface area contributed by atoms with Crippen LogP contribution in [0.25, 0.3) is 0 Å². The Labute approximate surface area is 157 Å². The summed E-state index contributed by atoms with van der Waals surface area (Å²) in [7, 11) is 0. The molecule has 0 aromatic heterocycles. The highest BCUT2D eigenvalue weighted by molar-refractivity contribution is 6.00. The minimum Gasteiger partial charge on any atom is -0.433 e. The van der Waals surface area contributed by atoms with Crippen molar-refractivity contribution in [3.05, 3.63) is 65.2 Å². The Balaban J connectivity index is 1.56. The number of aryl methyl sites for hydroxylation is 1. The standard InChI is InChI=1S/C21H20N2O4/c1-2-13-7-9-14(10-8-13)22-19(25)17-11-12-18(24)23(17)20-15-5-3-4-6-16(15)21(26)27-20/h3-10,17,20H,2,11-12H2,1H3,(H,22,25). The van der Waals surface area contributed by atoms with Gasteiger partial charge in [0.1, 0.15) is 6.04 Å². The zero-order chi connectivity index (χ0) is 19.0. The SMILES string of the molecule is CCc1ccc(NC(=O)C2CCC(=O)N2C2OC(=O)c3ccccc32)cc1. The van der Waals surface area contributed by atoms with E-state index < -0.39 is 18.2 Å². The fourth-order valence-corrected chi connectivity index (χ4v) is 3.64. The van der Waals surface area contributed by atoms with E-state index in [1.54, 1.807) is 24.3 Å². The second-order valence-electron chi connectivity index (χ2n) is 6.74. The summed E-state index contributed by atoms with van der Waals surface area (Å²) in [5, 5.41) is 2.87. The molecule has 2 heterocycles. The molecule has 0 aliphatic carbocycles. The fourth-order valence-electron chi connectivity index (χ4n) is 3.64. The van der Waals surface area contributed by atoms with Crippen LogP contribution in [0.3, 0.4) is 0 Å². The van der Waals surface area contributed by atoms with Crippen LogP contribution in [-0.4, -0.2) is 28.7 Å². The summed E-state index contributed by atoms with van der Waals surface area (Å²) in [6.45, 7) is 2.07. The molecule has 2 aromatic carbocycles. The summed E-state index contributed by atoms with van der Waals surface area (Å²) in [4.78, 5) is 38.8. The van der Waals surface area contributed by atoms with Crippen molar-refractivity contribution in [1.29, 1.82) is 0 Å². The van der Waals surface area contributed by atoms with E-state index in [9.17, 15) is 14.4 Å². The van der Waals surface area contributed by atoms with E-state index in [0.29, 0.717) is 23.2 Å². The molecule has 1 saturated heterocycles. The lowest BCUT2D eigenvalue weighted by atomic mass is 10.1. The van der Waals surface area contributed by atoms with Crippen molar-refractivity contribution in [2.24, 2.45) is 0 Å². The van der Waals surface area contributed by atoms with Gasteiger partial charge in [-0.25, -0.2) is 4.79 Å². The maximum absolute atomic E-state index is 12.8. The minimum absolute atomic E-state index is 0.189. The maximum atomic E-state index is 12.8. The van der Waals surface area contributed by atoms with Crippen molar-refractivity contribution in [2.75, 3.05) is 5.32 Å². The van der Waals surface area contributed by atoms with Gasteiger partial charge in [0.05, 0.1) is 5.56 Å². The van der Waals surface area contributed by atoms with Gasteiger partial charge < -0.3 is 10.1 Å². The van der Waals surface area contributed by atoms with Gasteiger partial charge in [0.15, 0.2) is 0 Å². The molecule has 4 rings (SSSR count). The van der Waals surface area contributed by atoms with E-state index in [1.807, 2.05) is 24.3 Å². The topological polar surface area (TPSA) is 75.7 Å². The quantitative estimate of drug-likeness (QED) is 0.846. The molecular formula is C21H20N2O4. The van der Waals surface area contributed by atoms with Gasteiger partial charge in [-0.15, -0.1) is 0 Å². The van der Waals surface area contributed by atoms with E-state index in [-0.39, 0.29) is 18.2 Å². The molecular weight excluding hydrogens is 344 g/mol. The average Bonchev–Trinajstić information content (AvgIpc) is 3.22. The highest BCUT2D eigenvalue weighted by Crippen LogP contribution is 2.38. The molecule has 2 aromatic rings. The molecule has 27 heavy (non-hydrogen) atoms. The number of hydrogen-bond acceptors (Lipinski definition) is 4. The van der Waals surface area contributed by atoms with Gasteiger partial charge in [-0.1, -0.05) is 37.3 Å². The van der Waals surface area contributed by atoms with E-state index in [4.69, 9.17) is 4.74 Å². The molecule has 0 bridgehead atoms. The summed E-state index contributed by atoms with van der Waals surface area (Å²) in [5.74, 6) is -0.930. The molecule has 2 aliphatic rings. The first-order chi connectivity index (χ1) is 13.1. The number of amides is 2. The summed E-state index contributed by atoms with van der Waals surface area (Å²) in [5.41, 5.74) is 2.93. The van der Waals surface area contributed by atoms with Crippen molar-refractivity contribution in [3.63, 3.8) is 0 Å². The van der Waals surface area contributed by atoms with Gasteiger partial charge >= 0.3 is 5.97 Å². The van der Waals surface area contributed by atoms with Gasteiger partial charge in [-0.2, -0.15) is 0 Å². The van der Waals surface area contributed by atoms with Crippen LogP contribution >= 0.6 is 0 Å². The minimum atomic E-state index is -0.845. The first-order valence-corrected chi connectivity index (χ1v) is 9.09. The number of rotatable bonds is 4. The average molecular weight is 364 g/mol. The predicted molar refractivity (Wildman–Crippen MR) is 98.9 cm³/mol. The molecule has 2 atom stereocenters. The molecule has 2 aliphatic heterocycles. The Kier molecular flexibility index (Phi) is 4.39. The summed E-state index contributed by atoms with van der Waals surface area (Å²) < 4.78 is 5.43. The van der Waals surface area contributed by atoms with Gasteiger partial charge in [0, 0.05) is 17.7 Å². The van der Waals surface area contributed by atoms with Gasteiger partial charge in [0.2, 0.25) is 18.0 Å². The summed E-state index contributed by atoms with van der Waals surface area (Å²) in [6, 6.07) is 13.9. The lowest BCUT2D eigenvalue weighted by Crippen LogP contribution is -2.43. The zero-order valence-corrected chi connectivity index (χ0v) is 15.0. The van der Waals surface area contributed by atoms with Crippen LogP contribution in [0.5, 0.6) is 0 Å². The molecule has 6 heteroatoms. The number of nitrogens with one attached hydrogen (secondary N) is 1. The molecule has 1 fully saturated rings. The van der Waals surface area contributed by atoms with Crippen LogP contribution < -0.4 is 5.32 Å². The molecule has 0 radical (unpaired) electrons. The highest BCUT2D eigenvalue weighted by atomic mass is 16.6. The largest absolute Gasteiger partial charge is 0.433 e. The Morgan fingerprint density at radius 1 is 1.15 bits per heavy atom. The molecule has 2 unspecified atom stereocenters. The van der Waals surface area contributed by atoms with Crippen LogP contribution in [0.1, 0.15) is 47.5 Å². The Bertz CT molecular complexity index is 907. The Morgan fingerprint density at radius 2 is 1.89 bits per heavy atom. The third-order valence-corrected chi connectivity index (χ3v) is 5.11. The Hall–Kier alpha value is -3.15. The highest BCUT2D eigenvalue weighted by Gasteiger charge is 2.46. The lowest BCUT2D eigenvalue weighted by molar-refractivity contribution is -0.144. The van der Waals surface area contributed by atoms with Gasteiger partial charge in [-0.3, -0.25) is 14.5 Å².